The highest BCUT2D eigenvalue weighted by Crippen LogP contribution is 2.73. The van der Waals surface area contributed by atoms with Gasteiger partial charge in [-0.25, -0.2) is 0 Å². The molecule has 0 radical (unpaired) electrons. The lowest BCUT2D eigenvalue weighted by Crippen LogP contribution is -2.66. The number of hydrogen-bond donors (Lipinski definition) is 2. The Hall–Kier alpha value is -1.06. The van der Waals surface area contributed by atoms with Crippen molar-refractivity contribution in [1.82, 2.24) is 10.6 Å². The molecule has 4 rings (SSSR count). The molecule has 4 saturated carbocycles. The summed E-state index contributed by atoms with van der Waals surface area (Å²) in [6.45, 7) is 4.55. The van der Waals surface area contributed by atoms with Gasteiger partial charge in [-0.3, -0.25) is 9.59 Å². The standard InChI is InChI=1S/C16H26N2O2/c1-13-5-14(2)8-15(6-13,11(19)17-3)10-16(7-13,9-14)12(20)18-4/h5-10H2,1-4H3,(H,17,19)(H,18,20). The van der Waals surface area contributed by atoms with E-state index in [1.807, 2.05) is 0 Å². The third kappa shape index (κ3) is 1.66. The van der Waals surface area contributed by atoms with Gasteiger partial charge >= 0.3 is 0 Å². The Bertz CT molecular complexity index is 429. The molecule has 4 fully saturated rings. The summed E-state index contributed by atoms with van der Waals surface area (Å²) in [6.07, 6.45) is 5.63. The molecule has 0 aromatic heterocycles. The van der Waals surface area contributed by atoms with Gasteiger partial charge in [0, 0.05) is 14.1 Å². The molecule has 4 aliphatic carbocycles. The van der Waals surface area contributed by atoms with Gasteiger partial charge in [0.25, 0.3) is 0 Å². The lowest BCUT2D eigenvalue weighted by atomic mass is 9.35. The molecule has 0 aliphatic heterocycles. The molecule has 4 aliphatic rings. The van der Waals surface area contributed by atoms with Crippen LogP contribution in [0.25, 0.3) is 0 Å². The number of carbonyl (C=O) groups excluding carboxylic acids is 2. The average molecular weight is 278 g/mol. The first-order valence-electron chi connectivity index (χ1n) is 7.65. The molecular weight excluding hydrogens is 252 g/mol. The van der Waals surface area contributed by atoms with Gasteiger partial charge in [0.2, 0.25) is 11.8 Å². The van der Waals surface area contributed by atoms with Crippen LogP contribution in [0, 0.1) is 21.7 Å². The highest BCUT2D eigenvalue weighted by atomic mass is 16.2. The Morgan fingerprint density at radius 2 is 1.05 bits per heavy atom. The summed E-state index contributed by atoms with van der Waals surface area (Å²) in [6, 6.07) is 0. The Labute approximate surface area is 121 Å². The lowest BCUT2D eigenvalue weighted by molar-refractivity contribution is -0.199. The topological polar surface area (TPSA) is 58.2 Å². The van der Waals surface area contributed by atoms with Crippen LogP contribution in [0.4, 0.5) is 0 Å². The largest absolute Gasteiger partial charge is 0.359 e. The minimum Gasteiger partial charge on any atom is -0.359 e. The zero-order valence-corrected chi connectivity index (χ0v) is 13.1. The summed E-state index contributed by atoms with van der Waals surface area (Å²) in [7, 11) is 3.44. The summed E-state index contributed by atoms with van der Waals surface area (Å²) in [5.74, 6) is 0.282. The summed E-state index contributed by atoms with van der Waals surface area (Å²) in [5, 5.41) is 5.72. The van der Waals surface area contributed by atoms with Crippen LogP contribution in [0.1, 0.15) is 52.4 Å². The normalized spacial score (nSPS) is 49.0. The minimum absolute atomic E-state index is 0.127. The number of nitrogens with one attached hydrogen (secondary N) is 2. The van der Waals surface area contributed by atoms with E-state index in [1.54, 1.807) is 14.1 Å². The number of carbonyl (C=O) groups is 2. The van der Waals surface area contributed by atoms with Crippen LogP contribution in [0.3, 0.4) is 0 Å². The van der Waals surface area contributed by atoms with Gasteiger partial charge in [-0.2, -0.15) is 0 Å². The maximum absolute atomic E-state index is 12.6. The summed E-state index contributed by atoms with van der Waals surface area (Å²) in [4.78, 5) is 25.1. The van der Waals surface area contributed by atoms with Gasteiger partial charge in [-0.05, 0) is 49.4 Å². The fraction of sp³-hybridized carbons (Fsp3) is 0.875. The molecule has 0 aromatic carbocycles. The predicted octanol–water partition coefficient (Wildman–Crippen LogP) is 1.85. The summed E-state index contributed by atoms with van der Waals surface area (Å²) in [5.41, 5.74) is -0.413. The second kappa shape index (κ2) is 3.77. The first-order chi connectivity index (χ1) is 9.21. The van der Waals surface area contributed by atoms with E-state index in [0.29, 0.717) is 0 Å². The molecule has 4 heteroatoms. The van der Waals surface area contributed by atoms with Crippen molar-refractivity contribution in [2.24, 2.45) is 21.7 Å². The molecule has 2 N–H and O–H groups in total. The van der Waals surface area contributed by atoms with Crippen molar-refractivity contribution < 1.29 is 9.59 Å². The van der Waals surface area contributed by atoms with Crippen LogP contribution in [0.2, 0.25) is 0 Å². The third-order valence-corrected chi connectivity index (χ3v) is 6.01. The minimum atomic E-state index is -0.334. The molecule has 20 heavy (non-hydrogen) atoms. The van der Waals surface area contributed by atoms with Crippen molar-refractivity contribution in [2.45, 2.75) is 52.4 Å². The van der Waals surface area contributed by atoms with Crippen LogP contribution in [-0.2, 0) is 9.59 Å². The van der Waals surface area contributed by atoms with Crippen molar-refractivity contribution in [1.29, 1.82) is 0 Å². The summed E-state index contributed by atoms with van der Waals surface area (Å²) < 4.78 is 0. The van der Waals surface area contributed by atoms with E-state index < -0.39 is 0 Å². The van der Waals surface area contributed by atoms with Gasteiger partial charge in [0.1, 0.15) is 0 Å². The first-order valence-corrected chi connectivity index (χ1v) is 7.65. The Morgan fingerprint density at radius 3 is 1.35 bits per heavy atom. The Morgan fingerprint density at radius 1 is 0.700 bits per heavy atom. The monoisotopic (exact) mass is 278 g/mol. The van der Waals surface area contributed by atoms with Gasteiger partial charge in [0.15, 0.2) is 0 Å². The summed E-state index contributed by atoms with van der Waals surface area (Å²) >= 11 is 0. The zero-order chi connectivity index (χ0) is 14.8. The van der Waals surface area contributed by atoms with E-state index in [4.69, 9.17) is 0 Å². The molecule has 0 spiro atoms. The zero-order valence-electron chi connectivity index (χ0n) is 13.1. The second-order valence-corrected chi connectivity index (χ2v) is 8.40. The maximum Gasteiger partial charge on any atom is 0.226 e. The van der Waals surface area contributed by atoms with Gasteiger partial charge in [0.05, 0.1) is 10.8 Å². The average Bonchev–Trinajstić information content (AvgIpc) is 2.32. The van der Waals surface area contributed by atoms with Crippen molar-refractivity contribution in [3.8, 4) is 0 Å². The molecule has 0 aromatic rings. The maximum atomic E-state index is 12.6. The highest BCUT2D eigenvalue weighted by molar-refractivity contribution is 5.88. The molecule has 2 amide bonds. The molecule has 0 atom stereocenters. The SMILES string of the molecule is CNC(=O)C12CC3(C)CC(C)(C1)CC(C(=O)NC)(C3)C2. The van der Waals surface area contributed by atoms with Crippen molar-refractivity contribution in [2.75, 3.05) is 14.1 Å². The molecular formula is C16H26N2O2. The smallest absolute Gasteiger partial charge is 0.226 e. The Balaban J connectivity index is 2.10. The third-order valence-electron chi connectivity index (χ3n) is 6.01. The molecule has 112 valence electrons. The van der Waals surface area contributed by atoms with E-state index in [9.17, 15) is 9.59 Å². The van der Waals surface area contributed by atoms with E-state index in [0.717, 1.165) is 38.5 Å². The van der Waals surface area contributed by atoms with E-state index in [2.05, 4.69) is 24.5 Å². The van der Waals surface area contributed by atoms with E-state index in [1.165, 1.54) is 0 Å². The highest BCUT2D eigenvalue weighted by Gasteiger charge is 2.69. The van der Waals surface area contributed by atoms with Crippen molar-refractivity contribution in [3.05, 3.63) is 0 Å². The molecule has 0 heterocycles. The van der Waals surface area contributed by atoms with Crippen LogP contribution in [-0.4, -0.2) is 25.9 Å². The Kier molecular flexibility index (Phi) is 2.62. The quantitative estimate of drug-likeness (QED) is 0.810. The fourth-order valence-electron chi connectivity index (χ4n) is 6.71. The van der Waals surface area contributed by atoms with Gasteiger partial charge in [-0.15, -0.1) is 0 Å². The lowest BCUT2D eigenvalue weighted by Gasteiger charge is -2.68. The second-order valence-electron chi connectivity index (χ2n) is 8.40. The molecule has 4 nitrogen and oxygen atoms in total. The first kappa shape index (κ1) is 13.9. The van der Waals surface area contributed by atoms with Crippen molar-refractivity contribution >= 4 is 11.8 Å². The van der Waals surface area contributed by atoms with Gasteiger partial charge in [-0.1, -0.05) is 13.8 Å². The van der Waals surface area contributed by atoms with Crippen LogP contribution in [0.15, 0.2) is 0 Å². The van der Waals surface area contributed by atoms with Crippen LogP contribution in [0.5, 0.6) is 0 Å². The number of hydrogen-bond acceptors (Lipinski definition) is 2. The molecule has 0 saturated heterocycles. The fourth-order valence-corrected chi connectivity index (χ4v) is 6.71. The molecule has 4 bridgehead atoms. The van der Waals surface area contributed by atoms with Crippen molar-refractivity contribution in [3.63, 3.8) is 0 Å². The molecule has 0 unspecified atom stereocenters. The number of rotatable bonds is 2. The van der Waals surface area contributed by atoms with Gasteiger partial charge < -0.3 is 10.6 Å². The van der Waals surface area contributed by atoms with E-state index in [-0.39, 0.29) is 33.5 Å². The van der Waals surface area contributed by atoms with Crippen LogP contribution >= 0.6 is 0 Å². The predicted molar refractivity (Wildman–Crippen MR) is 76.9 cm³/mol. The number of amides is 2. The van der Waals surface area contributed by atoms with E-state index >= 15 is 0 Å². The van der Waals surface area contributed by atoms with Crippen LogP contribution < -0.4 is 10.6 Å².